The highest BCUT2D eigenvalue weighted by molar-refractivity contribution is 5.78. The van der Waals surface area contributed by atoms with Crippen molar-refractivity contribution < 1.29 is 27.8 Å². The van der Waals surface area contributed by atoms with Gasteiger partial charge in [0.2, 0.25) is 5.92 Å². The molecule has 1 amide bonds. The lowest BCUT2D eigenvalue weighted by Crippen LogP contribution is -2.64. The molecule has 0 aromatic heterocycles. The number of alkyl halides is 2. The van der Waals surface area contributed by atoms with Gasteiger partial charge in [0.15, 0.2) is 12.4 Å². The average Bonchev–Trinajstić information content (AvgIpc) is 2.73. The molecule has 29 heavy (non-hydrogen) atoms. The molecule has 4 rings (SSSR count). The molecule has 8 heteroatoms. The lowest BCUT2D eigenvalue weighted by atomic mass is 9.90. The van der Waals surface area contributed by atoms with E-state index in [0.29, 0.717) is 58.0 Å². The Bertz CT molecular complexity index is 691. The third kappa shape index (κ3) is 5.05. The number of halogens is 2. The maximum Gasteiger partial charge on any atom is 0.260 e. The zero-order chi connectivity index (χ0) is 20.3. The number of ether oxygens (including phenoxy) is 3. The fourth-order valence-electron chi connectivity index (χ4n) is 4.39. The van der Waals surface area contributed by atoms with Gasteiger partial charge in [-0.15, -0.1) is 0 Å². The topological polar surface area (TPSA) is 51.2 Å². The molecule has 6 nitrogen and oxygen atoms in total. The molecule has 1 atom stereocenters. The van der Waals surface area contributed by atoms with Crippen molar-refractivity contribution >= 4 is 5.91 Å². The van der Waals surface area contributed by atoms with Crippen molar-refractivity contribution in [2.24, 2.45) is 0 Å². The van der Waals surface area contributed by atoms with Crippen LogP contribution < -0.4 is 4.74 Å². The number of carbonyl (C=O) groups excluding carboxylic acids is 1. The van der Waals surface area contributed by atoms with Gasteiger partial charge in [0.1, 0.15) is 5.75 Å². The van der Waals surface area contributed by atoms with Crippen LogP contribution in [0.4, 0.5) is 8.78 Å². The standard InChI is InChI=1S/C21H28F2N2O4/c22-20(23)8-6-17(7-9-20)24-10-12-28-21(15-24)16-25(11-13-29-21)19(26)14-27-18-4-2-1-3-5-18/h1-5,17H,6-16H2. The van der Waals surface area contributed by atoms with Crippen molar-refractivity contribution in [3.63, 3.8) is 0 Å². The fraction of sp³-hybridized carbons (Fsp3) is 0.667. The molecule has 2 aliphatic heterocycles. The summed E-state index contributed by atoms with van der Waals surface area (Å²) in [5.74, 6) is -2.89. The molecule has 0 radical (unpaired) electrons. The van der Waals surface area contributed by atoms with E-state index in [1.807, 2.05) is 30.3 Å². The number of carbonyl (C=O) groups is 1. The SMILES string of the molecule is O=C(COc1ccccc1)N1CCOC2(C1)CN(C1CCC(F)(F)CC1)CCO2. The summed E-state index contributed by atoms with van der Waals surface area (Å²) in [5, 5.41) is 0. The Kier molecular flexibility index (Phi) is 6.03. The predicted octanol–water partition coefficient (Wildman–Crippen LogP) is 2.53. The average molecular weight is 410 g/mol. The van der Waals surface area contributed by atoms with Crippen molar-refractivity contribution in [2.75, 3.05) is 46.0 Å². The number of amides is 1. The van der Waals surface area contributed by atoms with E-state index in [4.69, 9.17) is 14.2 Å². The second-order valence-electron chi connectivity index (χ2n) is 8.08. The summed E-state index contributed by atoms with van der Waals surface area (Å²) in [6.45, 7) is 2.81. The normalized spacial score (nSPS) is 28.4. The Labute approximate surface area is 169 Å². The molecule has 1 spiro atoms. The van der Waals surface area contributed by atoms with Gasteiger partial charge in [0.05, 0.1) is 26.3 Å². The molecular formula is C21H28F2N2O4. The Morgan fingerprint density at radius 2 is 1.76 bits per heavy atom. The van der Waals surface area contributed by atoms with E-state index in [9.17, 15) is 13.6 Å². The van der Waals surface area contributed by atoms with Gasteiger partial charge in [-0.3, -0.25) is 9.69 Å². The van der Waals surface area contributed by atoms with E-state index in [0.717, 1.165) is 0 Å². The molecule has 1 aliphatic carbocycles. The van der Waals surface area contributed by atoms with Crippen LogP contribution in [-0.2, 0) is 14.3 Å². The van der Waals surface area contributed by atoms with Gasteiger partial charge in [0.25, 0.3) is 5.91 Å². The largest absolute Gasteiger partial charge is 0.484 e. The smallest absolute Gasteiger partial charge is 0.260 e. The molecule has 3 fully saturated rings. The molecule has 0 bridgehead atoms. The minimum absolute atomic E-state index is 0.0402. The molecular weight excluding hydrogens is 382 g/mol. The maximum absolute atomic E-state index is 13.5. The van der Waals surface area contributed by atoms with E-state index in [1.165, 1.54) is 0 Å². The van der Waals surface area contributed by atoms with Gasteiger partial charge in [0, 0.05) is 32.0 Å². The first-order valence-corrected chi connectivity index (χ1v) is 10.3. The fourth-order valence-corrected chi connectivity index (χ4v) is 4.39. The van der Waals surface area contributed by atoms with Crippen LogP contribution >= 0.6 is 0 Å². The first-order chi connectivity index (χ1) is 13.9. The summed E-state index contributed by atoms with van der Waals surface area (Å²) in [6.07, 6.45) is 0.835. The van der Waals surface area contributed by atoms with Crippen molar-refractivity contribution in [3.05, 3.63) is 30.3 Å². The lowest BCUT2D eigenvalue weighted by molar-refractivity contribution is -0.293. The first kappa shape index (κ1) is 20.5. The van der Waals surface area contributed by atoms with E-state index < -0.39 is 11.7 Å². The Hall–Kier alpha value is -1.77. The van der Waals surface area contributed by atoms with Crippen LogP contribution in [0.1, 0.15) is 25.7 Å². The first-order valence-electron chi connectivity index (χ1n) is 10.3. The zero-order valence-corrected chi connectivity index (χ0v) is 16.5. The van der Waals surface area contributed by atoms with Crippen molar-refractivity contribution in [1.82, 2.24) is 9.80 Å². The van der Waals surface area contributed by atoms with Gasteiger partial charge in [-0.1, -0.05) is 18.2 Å². The van der Waals surface area contributed by atoms with Crippen molar-refractivity contribution in [2.45, 2.75) is 43.4 Å². The lowest BCUT2D eigenvalue weighted by Gasteiger charge is -2.49. The second kappa shape index (κ2) is 8.53. The van der Waals surface area contributed by atoms with Crippen LogP contribution in [0.2, 0.25) is 0 Å². The molecule has 1 saturated carbocycles. The monoisotopic (exact) mass is 410 g/mol. The molecule has 0 N–H and O–H groups in total. The van der Waals surface area contributed by atoms with E-state index in [2.05, 4.69) is 4.90 Å². The molecule has 160 valence electrons. The highest BCUT2D eigenvalue weighted by Gasteiger charge is 2.46. The number of morpholine rings is 2. The van der Waals surface area contributed by atoms with Gasteiger partial charge in [-0.25, -0.2) is 8.78 Å². The molecule has 3 aliphatic rings. The van der Waals surface area contributed by atoms with Crippen LogP contribution in [0.3, 0.4) is 0 Å². The van der Waals surface area contributed by atoms with E-state index in [1.54, 1.807) is 4.90 Å². The Morgan fingerprint density at radius 1 is 1.07 bits per heavy atom. The van der Waals surface area contributed by atoms with Crippen LogP contribution in [0.5, 0.6) is 5.75 Å². The number of benzene rings is 1. The van der Waals surface area contributed by atoms with Crippen LogP contribution in [-0.4, -0.2) is 79.5 Å². The van der Waals surface area contributed by atoms with Gasteiger partial charge >= 0.3 is 0 Å². The third-order valence-corrected chi connectivity index (χ3v) is 6.01. The van der Waals surface area contributed by atoms with Gasteiger partial charge < -0.3 is 19.1 Å². The van der Waals surface area contributed by atoms with Crippen molar-refractivity contribution in [3.8, 4) is 5.75 Å². The predicted molar refractivity (Wildman–Crippen MR) is 102 cm³/mol. The summed E-state index contributed by atoms with van der Waals surface area (Å²) < 4.78 is 44.5. The van der Waals surface area contributed by atoms with Gasteiger partial charge in [-0.2, -0.15) is 0 Å². The zero-order valence-electron chi connectivity index (χ0n) is 16.5. The molecule has 1 unspecified atom stereocenters. The van der Waals surface area contributed by atoms with Crippen LogP contribution in [0.15, 0.2) is 30.3 Å². The molecule has 1 aromatic carbocycles. The Balaban J connectivity index is 1.33. The number of hydrogen-bond acceptors (Lipinski definition) is 5. The van der Waals surface area contributed by atoms with Crippen LogP contribution in [0, 0.1) is 0 Å². The number of hydrogen-bond donors (Lipinski definition) is 0. The molecule has 1 aromatic rings. The third-order valence-electron chi connectivity index (χ3n) is 6.01. The highest BCUT2D eigenvalue weighted by Crippen LogP contribution is 2.36. The van der Waals surface area contributed by atoms with Crippen molar-refractivity contribution in [1.29, 1.82) is 0 Å². The van der Waals surface area contributed by atoms with E-state index >= 15 is 0 Å². The van der Waals surface area contributed by atoms with E-state index in [-0.39, 0.29) is 31.4 Å². The summed E-state index contributed by atoms with van der Waals surface area (Å²) in [4.78, 5) is 16.6. The summed E-state index contributed by atoms with van der Waals surface area (Å²) in [7, 11) is 0. The summed E-state index contributed by atoms with van der Waals surface area (Å²) >= 11 is 0. The Morgan fingerprint density at radius 3 is 2.48 bits per heavy atom. The number of rotatable bonds is 4. The molecule has 2 heterocycles. The quantitative estimate of drug-likeness (QED) is 0.764. The minimum atomic E-state index is -2.54. The number of para-hydroxylation sites is 1. The number of nitrogens with zero attached hydrogens (tertiary/aromatic N) is 2. The molecule has 2 saturated heterocycles. The summed E-state index contributed by atoms with van der Waals surface area (Å²) in [6, 6.07) is 9.34. The second-order valence-corrected chi connectivity index (χ2v) is 8.08. The minimum Gasteiger partial charge on any atom is -0.484 e. The van der Waals surface area contributed by atoms with Crippen LogP contribution in [0.25, 0.3) is 0 Å². The maximum atomic E-state index is 13.5. The summed E-state index contributed by atoms with van der Waals surface area (Å²) in [5.41, 5.74) is 0. The highest BCUT2D eigenvalue weighted by atomic mass is 19.3. The van der Waals surface area contributed by atoms with Gasteiger partial charge in [-0.05, 0) is 25.0 Å².